The van der Waals surface area contributed by atoms with Crippen LogP contribution in [0.4, 0.5) is 0 Å². The molecule has 3 unspecified atom stereocenters. The zero-order chi connectivity index (χ0) is 19.4. The first kappa shape index (κ1) is 19.7. The van der Waals surface area contributed by atoms with E-state index in [1.807, 2.05) is 38.1 Å². The molecule has 3 rings (SSSR count). The molecule has 0 saturated carbocycles. The molecule has 0 aromatic heterocycles. The van der Waals surface area contributed by atoms with E-state index < -0.39 is 6.10 Å². The fraction of sp³-hybridized carbons (Fsp3) is 0.478. The van der Waals surface area contributed by atoms with E-state index in [0.717, 1.165) is 18.1 Å². The van der Waals surface area contributed by atoms with Crippen molar-refractivity contribution in [1.29, 1.82) is 0 Å². The second-order valence-electron chi connectivity index (χ2n) is 7.74. The van der Waals surface area contributed by atoms with Gasteiger partial charge in [-0.25, -0.2) is 0 Å². The molecule has 0 bridgehead atoms. The minimum absolute atomic E-state index is 0.0858. The van der Waals surface area contributed by atoms with Crippen molar-refractivity contribution in [2.75, 3.05) is 13.2 Å². The van der Waals surface area contributed by atoms with Gasteiger partial charge in [-0.2, -0.15) is 0 Å². The van der Waals surface area contributed by atoms with Crippen LogP contribution in [0.3, 0.4) is 0 Å². The Morgan fingerprint density at radius 3 is 2.04 bits per heavy atom. The van der Waals surface area contributed by atoms with Crippen LogP contribution in [0, 0.1) is 0 Å². The third kappa shape index (κ3) is 5.02. The number of benzene rings is 2. The molecule has 3 atom stereocenters. The van der Waals surface area contributed by atoms with Crippen molar-refractivity contribution in [1.82, 2.24) is 0 Å². The lowest BCUT2D eigenvalue weighted by Crippen LogP contribution is -2.20. The molecule has 4 nitrogen and oxygen atoms in total. The lowest BCUT2D eigenvalue weighted by atomic mass is 9.78. The van der Waals surface area contributed by atoms with E-state index in [9.17, 15) is 5.11 Å². The number of aliphatic hydroxyl groups is 1. The molecule has 4 heteroatoms. The largest absolute Gasteiger partial charge is 0.491 e. The van der Waals surface area contributed by atoms with Gasteiger partial charge in [-0.1, -0.05) is 45.0 Å². The number of hydrogen-bond acceptors (Lipinski definition) is 4. The van der Waals surface area contributed by atoms with E-state index in [0.29, 0.717) is 13.0 Å². The van der Waals surface area contributed by atoms with Crippen LogP contribution in [-0.2, 0) is 10.2 Å². The van der Waals surface area contributed by atoms with Crippen LogP contribution in [0.25, 0.3) is 0 Å². The molecule has 1 fully saturated rings. The summed E-state index contributed by atoms with van der Waals surface area (Å²) in [5.74, 6) is 1.65. The van der Waals surface area contributed by atoms with E-state index >= 15 is 0 Å². The highest BCUT2D eigenvalue weighted by Crippen LogP contribution is 2.33. The first-order valence-electron chi connectivity index (χ1n) is 9.70. The van der Waals surface area contributed by atoms with Crippen LogP contribution in [0.2, 0.25) is 0 Å². The van der Waals surface area contributed by atoms with Crippen molar-refractivity contribution < 1.29 is 19.3 Å². The average Bonchev–Trinajstić information content (AvgIpc) is 3.52. The fourth-order valence-electron chi connectivity index (χ4n) is 3.01. The minimum atomic E-state index is -0.420. The van der Waals surface area contributed by atoms with Gasteiger partial charge in [0.15, 0.2) is 0 Å². The van der Waals surface area contributed by atoms with E-state index in [2.05, 4.69) is 38.1 Å². The highest BCUT2D eigenvalue weighted by molar-refractivity contribution is 5.41. The Morgan fingerprint density at radius 1 is 1.04 bits per heavy atom. The number of epoxide rings is 1. The van der Waals surface area contributed by atoms with Crippen molar-refractivity contribution in [3.05, 3.63) is 59.7 Å². The molecule has 27 heavy (non-hydrogen) atoms. The van der Waals surface area contributed by atoms with Crippen molar-refractivity contribution in [3.8, 4) is 11.5 Å². The second kappa shape index (κ2) is 8.32. The van der Waals surface area contributed by atoms with Gasteiger partial charge in [-0.15, -0.1) is 0 Å². The molecular formula is C23H30O4. The Balaban J connectivity index is 1.65. The number of aliphatic hydroxyl groups excluding tert-OH is 1. The quantitative estimate of drug-likeness (QED) is 0.668. The number of ether oxygens (including phenoxy) is 3. The third-order valence-corrected chi connectivity index (χ3v) is 5.27. The van der Waals surface area contributed by atoms with E-state index in [1.54, 1.807) is 0 Å². The molecule has 0 aliphatic carbocycles. The summed E-state index contributed by atoms with van der Waals surface area (Å²) in [6.07, 6.45) is 0.594. The van der Waals surface area contributed by atoms with Gasteiger partial charge in [-0.3, -0.25) is 0 Å². The standard InChI is InChI=1S/C23H30O4/c1-5-19(24)14-25-20-10-6-17(7-11-20)23(3,4)18-8-12-21(13-9-18)27-16(2)22-15-26-22/h6-13,16,19,22,24H,5,14-15H2,1-4H3. The summed E-state index contributed by atoms with van der Waals surface area (Å²) in [5, 5.41) is 9.62. The molecule has 2 aromatic rings. The minimum Gasteiger partial charge on any atom is -0.491 e. The molecule has 2 aromatic carbocycles. The maximum Gasteiger partial charge on any atom is 0.124 e. The lowest BCUT2D eigenvalue weighted by Gasteiger charge is -2.27. The topological polar surface area (TPSA) is 51.2 Å². The van der Waals surface area contributed by atoms with Crippen molar-refractivity contribution in [2.24, 2.45) is 0 Å². The van der Waals surface area contributed by atoms with Gasteiger partial charge < -0.3 is 19.3 Å². The van der Waals surface area contributed by atoms with Gasteiger partial charge in [-0.05, 0) is 48.7 Å². The Hall–Kier alpha value is -2.04. The van der Waals surface area contributed by atoms with Crippen molar-refractivity contribution in [3.63, 3.8) is 0 Å². The number of hydrogen-bond donors (Lipinski definition) is 1. The van der Waals surface area contributed by atoms with Crippen LogP contribution in [0.1, 0.15) is 45.2 Å². The summed E-state index contributed by atoms with van der Waals surface area (Å²) in [7, 11) is 0. The predicted octanol–water partition coefficient (Wildman–Crippen LogP) is 4.33. The van der Waals surface area contributed by atoms with Crippen LogP contribution in [0.5, 0.6) is 11.5 Å². The monoisotopic (exact) mass is 370 g/mol. The Kier molecular flexibility index (Phi) is 6.08. The van der Waals surface area contributed by atoms with Gasteiger partial charge in [0.1, 0.15) is 30.3 Å². The summed E-state index contributed by atoms with van der Waals surface area (Å²) in [5.41, 5.74) is 2.30. The van der Waals surface area contributed by atoms with Crippen molar-refractivity contribution in [2.45, 2.75) is 57.8 Å². The van der Waals surface area contributed by atoms with Crippen LogP contribution >= 0.6 is 0 Å². The highest BCUT2D eigenvalue weighted by Gasteiger charge is 2.31. The van der Waals surface area contributed by atoms with Crippen LogP contribution in [0.15, 0.2) is 48.5 Å². The molecule has 1 aliphatic heterocycles. The lowest BCUT2D eigenvalue weighted by molar-refractivity contribution is 0.104. The average molecular weight is 370 g/mol. The van der Waals surface area contributed by atoms with Gasteiger partial charge >= 0.3 is 0 Å². The Bertz CT molecular complexity index is 717. The zero-order valence-corrected chi connectivity index (χ0v) is 16.6. The van der Waals surface area contributed by atoms with Gasteiger partial charge in [0.05, 0.1) is 12.7 Å². The summed E-state index contributed by atoms with van der Waals surface area (Å²) < 4.78 is 16.8. The molecule has 1 saturated heterocycles. The smallest absolute Gasteiger partial charge is 0.124 e. The molecule has 0 radical (unpaired) electrons. The molecule has 146 valence electrons. The Morgan fingerprint density at radius 2 is 1.56 bits per heavy atom. The van der Waals surface area contributed by atoms with Gasteiger partial charge in [0.25, 0.3) is 0 Å². The number of rotatable bonds is 9. The van der Waals surface area contributed by atoms with Crippen molar-refractivity contribution >= 4 is 0 Å². The predicted molar refractivity (Wildman–Crippen MR) is 107 cm³/mol. The normalized spacial score (nSPS) is 18.6. The first-order chi connectivity index (χ1) is 12.9. The molecule has 1 heterocycles. The van der Waals surface area contributed by atoms with Crippen LogP contribution < -0.4 is 9.47 Å². The van der Waals surface area contributed by atoms with Gasteiger partial charge in [0.2, 0.25) is 0 Å². The molecule has 1 N–H and O–H groups in total. The summed E-state index contributed by atoms with van der Waals surface area (Å²) in [6, 6.07) is 16.4. The third-order valence-electron chi connectivity index (χ3n) is 5.27. The van der Waals surface area contributed by atoms with Crippen LogP contribution in [-0.4, -0.2) is 36.6 Å². The van der Waals surface area contributed by atoms with E-state index in [-0.39, 0.29) is 17.6 Å². The summed E-state index contributed by atoms with van der Waals surface area (Å²) in [6.45, 7) is 9.52. The Labute approximate surface area is 162 Å². The molecule has 0 amide bonds. The maximum absolute atomic E-state index is 9.62. The first-order valence-corrected chi connectivity index (χ1v) is 9.70. The summed E-state index contributed by atoms with van der Waals surface area (Å²) in [4.78, 5) is 0. The molecular weight excluding hydrogens is 340 g/mol. The fourth-order valence-corrected chi connectivity index (χ4v) is 3.01. The van der Waals surface area contributed by atoms with E-state index in [1.165, 1.54) is 11.1 Å². The highest BCUT2D eigenvalue weighted by atomic mass is 16.6. The van der Waals surface area contributed by atoms with E-state index in [4.69, 9.17) is 14.2 Å². The maximum atomic E-state index is 9.62. The molecule has 1 aliphatic rings. The molecule has 0 spiro atoms. The van der Waals surface area contributed by atoms with Gasteiger partial charge in [0, 0.05) is 5.41 Å². The summed E-state index contributed by atoms with van der Waals surface area (Å²) >= 11 is 0. The zero-order valence-electron chi connectivity index (χ0n) is 16.6. The second-order valence-corrected chi connectivity index (χ2v) is 7.74. The SMILES string of the molecule is CCC(O)COc1ccc(C(C)(C)c2ccc(OC(C)C3CO3)cc2)cc1.